The van der Waals surface area contributed by atoms with Crippen LogP contribution in [0.5, 0.6) is 0 Å². The zero-order valence-electron chi connectivity index (χ0n) is 13.7. The maximum absolute atomic E-state index is 12.9. The van der Waals surface area contributed by atoms with Gasteiger partial charge >= 0.3 is 0 Å². The number of aromatic amines is 1. The summed E-state index contributed by atoms with van der Waals surface area (Å²) in [5.74, 6) is 0.00719. The third kappa shape index (κ3) is 3.28. The number of ketones is 1. The van der Waals surface area contributed by atoms with E-state index in [-0.39, 0.29) is 16.8 Å². The van der Waals surface area contributed by atoms with E-state index >= 15 is 0 Å². The van der Waals surface area contributed by atoms with Crippen LogP contribution in [-0.2, 0) is 6.42 Å². The van der Waals surface area contributed by atoms with Crippen molar-refractivity contribution < 1.29 is 4.79 Å². The lowest BCUT2D eigenvalue weighted by Gasteiger charge is -2.14. The fraction of sp³-hybridized carbons (Fsp3) is 0.158. The summed E-state index contributed by atoms with van der Waals surface area (Å²) in [5.41, 5.74) is 2.04. The molecule has 0 aliphatic rings. The molecule has 6 heteroatoms. The first-order valence-electron chi connectivity index (χ1n) is 7.83. The number of benzene rings is 2. The average molecular weight is 375 g/mol. The molecule has 2 aromatic carbocycles. The maximum Gasteiger partial charge on any atom is 0.202 e. The molecule has 0 saturated heterocycles. The number of anilines is 2. The topological polar surface area (TPSA) is 62.0 Å². The minimum Gasteiger partial charge on any atom is -0.340 e. The van der Waals surface area contributed by atoms with Gasteiger partial charge in [-0.3, -0.25) is 9.59 Å². The molecule has 0 aliphatic heterocycles. The molecule has 0 fully saturated rings. The van der Waals surface area contributed by atoms with E-state index in [1.807, 2.05) is 19.1 Å². The molecule has 25 heavy (non-hydrogen) atoms. The Balaban J connectivity index is 2.27. The summed E-state index contributed by atoms with van der Waals surface area (Å²) in [6.07, 6.45) is 0.758. The highest BCUT2D eigenvalue weighted by Crippen LogP contribution is 2.29. The molecule has 0 aliphatic carbocycles. The minimum absolute atomic E-state index is 0.0757. The van der Waals surface area contributed by atoms with Gasteiger partial charge in [-0.1, -0.05) is 42.3 Å². The van der Waals surface area contributed by atoms with Gasteiger partial charge in [0.15, 0.2) is 5.78 Å². The molecule has 1 heterocycles. The summed E-state index contributed by atoms with van der Waals surface area (Å²) in [4.78, 5) is 28.2. The molecule has 0 atom stereocenters. The molecule has 2 N–H and O–H groups in total. The third-order valence-electron chi connectivity index (χ3n) is 4.05. The normalized spacial score (nSPS) is 10.9. The van der Waals surface area contributed by atoms with Crippen molar-refractivity contribution in [3.8, 4) is 0 Å². The lowest BCUT2D eigenvalue weighted by Crippen LogP contribution is -2.18. The van der Waals surface area contributed by atoms with Crippen molar-refractivity contribution in [3.63, 3.8) is 0 Å². The van der Waals surface area contributed by atoms with Crippen molar-refractivity contribution in [2.45, 2.75) is 20.3 Å². The molecule has 0 saturated carbocycles. The minimum atomic E-state index is -0.322. The lowest BCUT2D eigenvalue weighted by molar-refractivity contribution is 0.101. The van der Waals surface area contributed by atoms with E-state index in [2.05, 4.69) is 10.3 Å². The number of hydrogen-bond donors (Lipinski definition) is 2. The molecular formula is C19H16Cl2N2O2. The van der Waals surface area contributed by atoms with Crippen molar-refractivity contribution in [2.75, 3.05) is 5.32 Å². The molecule has 3 aromatic rings. The van der Waals surface area contributed by atoms with E-state index < -0.39 is 0 Å². The first kappa shape index (κ1) is 17.5. The Kier molecular flexibility index (Phi) is 4.84. The summed E-state index contributed by atoms with van der Waals surface area (Å²) in [7, 11) is 0. The van der Waals surface area contributed by atoms with Gasteiger partial charge in [-0.25, -0.2) is 0 Å². The number of fused-ring (bicyclic) bond motifs is 1. The number of H-pyrrole nitrogens is 1. The Morgan fingerprint density at radius 2 is 1.96 bits per heavy atom. The second-order valence-corrected chi connectivity index (χ2v) is 6.55. The van der Waals surface area contributed by atoms with Crippen LogP contribution in [0.3, 0.4) is 0 Å². The van der Waals surface area contributed by atoms with E-state index in [1.54, 1.807) is 24.3 Å². The Morgan fingerprint density at radius 1 is 1.20 bits per heavy atom. The van der Waals surface area contributed by atoms with Crippen LogP contribution >= 0.6 is 23.2 Å². The second-order valence-electron chi connectivity index (χ2n) is 5.70. The number of aromatic nitrogens is 1. The van der Waals surface area contributed by atoms with E-state index in [4.69, 9.17) is 23.2 Å². The number of rotatable bonds is 4. The molecule has 0 unspecified atom stereocenters. The molecule has 0 spiro atoms. The quantitative estimate of drug-likeness (QED) is 0.605. The molecule has 4 nitrogen and oxygen atoms in total. The van der Waals surface area contributed by atoms with Gasteiger partial charge in [0.1, 0.15) is 11.4 Å². The summed E-state index contributed by atoms with van der Waals surface area (Å²) >= 11 is 12.1. The molecular weight excluding hydrogens is 359 g/mol. The number of aryl methyl sites for hydroxylation is 1. The monoisotopic (exact) mass is 374 g/mol. The molecule has 3 rings (SSSR count). The Bertz CT molecular complexity index is 1040. The number of Topliss-reactive ketones (excluding diaryl/α,β-unsaturated/α-hetero) is 1. The van der Waals surface area contributed by atoms with Gasteiger partial charge in [0.25, 0.3) is 0 Å². The van der Waals surface area contributed by atoms with E-state index in [0.29, 0.717) is 32.5 Å². The highest BCUT2D eigenvalue weighted by Gasteiger charge is 2.18. The first-order valence-corrected chi connectivity index (χ1v) is 8.58. The predicted molar refractivity (Wildman–Crippen MR) is 104 cm³/mol. The average Bonchev–Trinajstić information content (AvgIpc) is 2.56. The van der Waals surface area contributed by atoms with E-state index in [0.717, 1.165) is 12.0 Å². The summed E-state index contributed by atoms with van der Waals surface area (Å²) in [5, 5.41) is 4.46. The van der Waals surface area contributed by atoms with Crippen LogP contribution < -0.4 is 10.7 Å². The standard InChI is InChI=1S/C19H16Cl2N2O2/c1-3-11-5-4-6-13-17(11)23-19(16(10(2)24)18(13)25)22-15-8-7-12(20)9-14(15)21/h4-9H,3H2,1-2H3,(H2,22,23,25). The highest BCUT2D eigenvalue weighted by molar-refractivity contribution is 6.36. The van der Waals surface area contributed by atoms with Crippen molar-refractivity contribution in [3.05, 3.63) is 67.8 Å². The van der Waals surface area contributed by atoms with Gasteiger partial charge in [0.05, 0.1) is 16.2 Å². The van der Waals surface area contributed by atoms with Gasteiger partial charge in [-0.2, -0.15) is 0 Å². The predicted octanol–water partition coefficient (Wildman–Crippen LogP) is 5.34. The number of carbonyl (C=O) groups excluding carboxylic acids is 1. The van der Waals surface area contributed by atoms with Gasteiger partial charge in [-0.15, -0.1) is 0 Å². The maximum atomic E-state index is 12.9. The van der Waals surface area contributed by atoms with Crippen LogP contribution in [0.4, 0.5) is 11.5 Å². The Labute approximate surface area is 154 Å². The summed E-state index contributed by atoms with van der Waals surface area (Å²) < 4.78 is 0. The SMILES string of the molecule is CCc1cccc2c(=O)c(C(C)=O)c(Nc3ccc(Cl)cc3Cl)[nH]c12. The summed E-state index contributed by atoms with van der Waals surface area (Å²) in [6.45, 7) is 3.38. The number of hydrogen-bond acceptors (Lipinski definition) is 3. The smallest absolute Gasteiger partial charge is 0.202 e. The van der Waals surface area contributed by atoms with Gasteiger partial charge in [0, 0.05) is 10.4 Å². The molecule has 0 amide bonds. The van der Waals surface area contributed by atoms with Crippen LogP contribution in [0.2, 0.25) is 10.0 Å². The van der Waals surface area contributed by atoms with Crippen LogP contribution in [0.1, 0.15) is 29.8 Å². The van der Waals surface area contributed by atoms with Gasteiger partial charge in [0.2, 0.25) is 5.43 Å². The second kappa shape index (κ2) is 6.90. The Hall–Kier alpha value is -2.30. The number of carbonyl (C=O) groups is 1. The first-order chi connectivity index (χ1) is 11.9. The van der Waals surface area contributed by atoms with E-state index in [1.165, 1.54) is 6.92 Å². The van der Waals surface area contributed by atoms with E-state index in [9.17, 15) is 9.59 Å². The molecule has 0 bridgehead atoms. The van der Waals surface area contributed by atoms with Crippen LogP contribution in [0, 0.1) is 0 Å². The number of nitrogens with one attached hydrogen (secondary N) is 2. The fourth-order valence-electron chi connectivity index (χ4n) is 2.82. The zero-order valence-corrected chi connectivity index (χ0v) is 15.3. The van der Waals surface area contributed by atoms with Gasteiger partial charge in [-0.05, 0) is 43.2 Å². The van der Waals surface area contributed by atoms with Crippen LogP contribution in [0.15, 0.2) is 41.2 Å². The van der Waals surface area contributed by atoms with Crippen LogP contribution in [-0.4, -0.2) is 10.8 Å². The van der Waals surface area contributed by atoms with Crippen LogP contribution in [0.25, 0.3) is 10.9 Å². The fourth-order valence-corrected chi connectivity index (χ4v) is 3.28. The largest absolute Gasteiger partial charge is 0.340 e. The zero-order chi connectivity index (χ0) is 18.1. The molecule has 128 valence electrons. The molecule has 0 radical (unpaired) electrons. The highest BCUT2D eigenvalue weighted by atomic mass is 35.5. The summed E-state index contributed by atoms with van der Waals surface area (Å²) in [6, 6.07) is 10.5. The van der Waals surface area contributed by atoms with Crippen molar-refractivity contribution in [1.29, 1.82) is 0 Å². The number of para-hydroxylation sites is 1. The number of halogens is 2. The Morgan fingerprint density at radius 3 is 2.60 bits per heavy atom. The van der Waals surface area contributed by atoms with Gasteiger partial charge < -0.3 is 10.3 Å². The third-order valence-corrected chi connectivity index (χ3v) is 4.59. The van der Waals surface area contributed by atoms with Crippen molar-refractivity contribution in [2.24, 2.45) is 0 Å². The van der Waals surface area contributed by atoms with Crippen molar-refractivity contribution >= 4 is 51.4 Å². The van der Waals surface area contributed by atoms with Crippen molar-refractivity contribution in [1.82, 2.24) is 4.98 Å². The molecule has 1 aromatic heterocycles. The lowest BCUT2D eigenvalue weighted by atomic mass is 10.0. The number of pyridine rings is 1.